The lowest BCUT2D eigenvalue weighted by Gasteiger charge is -2.06. The van der Waals surface area contributed by atoms with Crippen molar-refractivity contribution in [1.29, 1.82) is 0 Å². The molecule has 0 saturated carbocycles. The van der Waals surface area contributed by atoms with Crippen LogP contribution in [0.25, 0.3) is 0 Å². The summed E-state index contributed by atoms with van der Waals surface area (Å²) < 4.78 is 2.09. The monoisotopic (exact) mass is 287 g/mol. The highest BCUT2D eigenvalue weighted by Crippen LogP contribution is 2.13. The maximum absolute atomic E-state index is 10.6. The van der Waals surface area contributed by atoms with Crippen LogP contribution in [0, 0.1) is 16.0 Å². The summed E-state index contributed by atoms with van der Waals surface area (Å²) in [5.41, 5.74) is 2.43. The minimum atomic E-state index is -0.377. The molecule has 0 aliphatic carbocycles. The minimum Gasteiger partial charge on any atom is -0.350 e. The zero-order valence-corrected chi connectivity index (χ0v) is 12.5. The second-order valence-corrected chi connectivity index (χ2v) is 5.64. The van der Waals surface area contributed by atoms with Gasteiger partial charge in [-0.15, -0.1) is 0 Å². The summed E-state index contributed by atoms with van der Waals surface area (Å²) in [6.45, 7) is 6.97. The first-order valence-electron chi connectivity index (χ1n) is 7.13. The molecule has 0 unspecified atom stereocenters. The Bertz CT molecular complexity index is 588. The largest absolute Gasteiger partial charge is 0.350 e. The van der Waals surface area contributed by atoms with Gasteiger partial charge in [0.2, 0.25) is 0 Å². The number of rotatable bonds is 7. The van der Waals surface area contributed by atoms with E-state index in [1.807, 2.05) is 6.20 Å². The highest BCUT2D eigenvalue weighted by molar-refractivity contribution is 5.33. The van der Waals surface area contributed by atoms with Crippen molar-refractivity contribution < 1.29 is 4.92 Å². The molecule has 0 radical (unpaired) electrons. The Labute approximate surface area is 124 Å². The Morgan fingerprint density at radius 1 is 1.19 bits per heavy atom. The van der Waals surface area contributed by atoms with Crippen molar-refractivity contribution in [3.05, 3.63) is 64.0 Å². The van der Waals surface area contributed by atoms with Crippen LogP contribution in [0.15, 0.2) is 42.7 Å². The van der Waals surface area contributed by atoms with Gasteiger partial charge in [0.25, 0.3) is 5.69 Å². The molecule has 21 heavy (non-hydrogen) atoms. The Kier molecular flexibility index (Phi) is 5.11. The van der Waals surface area contributed by atoms with Crippen LogP contribution < -0.4 is 5.32 Å². The van der Waals surface area contributed by atoms with E-state index < -0.39 is 0 Å². The number of hydrogen-bond donors (Lipinski definition) is 1. The van der Waals surface area contributed by atoms with E-state index in [0.717, 1.165) is 25.2 Å². The van der Waals surface area contributed by atoms with E-state index in [-0.39, 0.29) is 10.6 Å². The molecule has 2 rings (SSSR count). The third-order valence-electron chi connectivity index (χ3n) is 3.21. The van der Waals surface area contributed by atoms with Crippen molar-refractivity contribution in [2.75, 3.05) is 6.54 Å². The zero-order chi connectivity index (χ0) is 15.2. The molecule has 0 fully saturated rings. The van der Waals surface area contributed by atoms with Gasteiger partial charge in [0.1, 0.15) is 0 Å². The van der Waals surface area contributed by atoms with Crippen LogP contribution >= 0.6 is 0 Å². The zero-order valence-electron chi connectivity index (χ0n) is 12.5. The Balaban J connectivity index is 1.91. The van der Waals surface area contributed by atoms with Crippen LogP contribution in [0.5, 0.6) is 0 Å². The first-order valence-corrected chi connectivity index (χ1v) is 7.13. The van der Waals surface area contributed by atoms with Crippen molar-refractivity contribution in [3.63, 3.8) is 0 Å². The number of benzene rings is 1. The fourth-order valence-electron chi connectivity index (χ4n) is 2.13. The molecule has 0 saturated heterocycles. The third kappa shape index (κ3) is 4.72. The number of nitrogens with zero attached hydrogens (tertiary/aromatic N) is 2. The van der Waals surface area contributed by atoms with Gasteiger partial charge in [-0.05, 0) is 29.7 Å². The molecule has 0 atom stereocenters. The molecule has 0 aliphatic rings. The second kappa shape index (κ2) is 7.04. The molecular weight excluding hydrogens is 266 g/mol. The molecule has 5 nitrogen and oxygen atoms in total. The fourth-order valence-corrected chi connectivity index (χ4v) is 2.13. The van der Waals surface area contributed by atoms with E-state index in [1.54, 1.807) is 24.3 Å². The molecule has 1 heterocycles. The Morgan fingerprint density at radius 3 is 2.52 bits per heavy atom. The maximum Gasteiger partial charge on any atom is 0.269 e. The van der Waals surface area contributed by atoms with Gasteiger partial charge in [0, 0.05) is 37.6 Å². The number of nitro benzene ring substituents is 1. The van der Waals surface area contributed by atoms with Crippen molar-refractivity contribution in [3.8, 4) is 0 Å². The maximum atomic E-state index is 10.6. The number of non-ortho nitro benzene ring substituents is 1. The van der Waals surface area contributed by atoms with E-state index in [4.69, 9.17) is 0 Å². The molecule has 0 bridgehead atoms. The lowest BCUT2D eigenvalue weighted by atomic mass is 10.2. The van der Waals surface area contributed by atoms with Crippen LogP contribution in [-0.4, -0.2) is 16.0 Å². The highest BCUT2D eigenvalue weighted by Gasteiger charge is 2.04. The number of nitro groups is 1. The molecule has 0 amide bonds. The lowest BCUT2D eigenvalue weighted by Crippen LogP contribution is -2.18. The molecule has 1 aromatic carbocycles. The van der Waals surface area contributed by atoms with E-state index >= 15 is 0 Å². The molecular formula is C16H21N3O2. The summed E-state index contributed by atoms with van der Waals surface area (Å²) in [5, 5.41) is 14.0. The predicted octanol–water partition coefficient (Wildman–Crippen LogP) is 3.19. The highest BCUT2D eigenvalue weighted by atomic mass is 16.6. The quantitative estimate of drug-likeness (QED) is 0.628. The standard InChI is InChI=1S/C16H21N3O2/c1-13(2)9-17-10-15-7-8-18(12-15)11-14-3-5-16(6-4-14)19(20)21/h3-8,12-13,17H,9-11H2,1-2H3. The number of aromatic nitrogens is 1. The first-order chi connectivity index (χ1) is 10.0. The van der Waals surface area contributed by atoms with Gasteiger partial charge in [0.05, 0.1) is 4.92 Å². The average Bonchev–Trinajstić information content (AvgIpc) is 2.86. The summed E-state index contributed by atoms with van der Waals surface area (Å²) in [6.07, 6.45) is 4.14. The van der Waals surface area contributed by atoms with Gasteiger partial charge in [0.15, 0.2) is 0 Å². The van der Waals surface area contributed by atoms with Gasteiger partial charge in [-0.25, -0.2) is 0 Å². The summed E-state index contributed by atoms with van der Waals surface area (Å²) in [5.74, 6) is 0.646. The Hall–Kier alpha value is -2.14. The molecule has 1 aromatic heterocycles. The van der Waals surface area contributed by atoms with Gasteiger partial charge in [-0.1, -0.05) is 26.0 Å². The summed E-state index contributed by atoms with van der Waals surface area (Å²) in [6, 6.07) is 8.79. The Morgan fingerprint density at radius 2 is 1.90 bits per heavy atom. The van der Waals surface area contributed by atoms with Gasteiger partial charge in [-0.2, -0.15) is 0 Å². The van der Waals surface area contributed by atoms with E-state index in [0.29, 0.717) is 5.92 Å². The van der Waals surface area contributed by atoms with Crippen LogP contribution in [0.2, 0.25) is 0 Å². The minimum absolute atomic E-state index is 0.129. The molecule has 112 valence electrons. The van der Waals surface area contributed by atoms with Crippen LogP contribution in [0.3, 0.4) is 0 Å². The van der Waals surface area contributed by atoms with Gasteiger partial charge >= 0.3 is 0 Å². The van der Waals surface area contributed by atoms with Crippen LogP contribution in [0.4, 0.5) is 5.69 Å². The van der Waals surface area contributed by atoms with Crippen LogP contribution in [0.1, 0.15) is 25.0 Å². The average molecular weight is 287 g/mol. The molecule has 5 heteroatoms. The van der Waals surface area contributed by atoms with E-state index in [2.05, 4.69) is 36.0 Å². The molecule has 1 N–H and O–H groups in total. The van der Waals surface area contributed by atoms with Crippen molar-refractivity contribution in [1.82, 2.24) is 9.88 Å². The SMILES string of the molecule is CC(C)CNCc1ccn(Cc2ccc([N+](=O)[O-])cc2)c1. The third-order valence-corrected chi connectivity index (χ3v) is 3.21. The first kappa shape index (κ1) is 15.3. The second-order valence-electron chi connectivity index (χ2n) is 5.64. The fraction of sp³-hybridized carbons (Fsp3) is 0.375. The normalized spacial score (nSPS) is 11.0. The summed E-state index contributed by atoms with van der Waals surface area (Å²) in [4.78, 5) is 10.2. The van der Waals surface area contributed by atoms with Gasteiger partial charge in [-0.3, -0.25) is 10.1 Å². The van der Waals surface area contributed by atoms with Crippen molar-refractivity contribution in [2.24, 2.45) is 5.92 Å². The van der Waals surface area contributed by atoms with E-state index in [1.165, 1.54) is 5.56 Å². The van der Waals surface area contributed by atoms with Crippen LogP contribution in [-0.2, 0) is 13.1 Å². The topological polar surface area (TPSA) is 60.1 Å². The number of hydrogen-bond acceptors (Lipinski definition) is 3. The van der Waals surface area contributed by atoms with E-state index in [9.17, 15) is 10.1 Å². The predicted molar refractivity (Wildman–Crippen MR) is 83.2 cm³/mol. The lowest BCUT2D eigenvalue weighted by molar-refractivity contribution is -0.384. The smallest absolute Gasteiger partial charge is 0.269 e. The summed E-state index contributed by atoms with van der Waals surface area (Å²) >= 11 is 0. The molecule has 0 spiro atoms. The van der Waals surface area contributed by atoms with Crippen molar-refractivity contribution in [2.45, 2.75) is 26.9 Å². The number of nitrogens with one attached hydrogen (secondary N) is 1. The molecule has 0 aliphatic heterocycles. The van der Waals surface area contributed by atoms with Crippen molar-refractivity contribution >= 4 is 5.69 Å². The summed E-state index contributed by atoms with van der Waals surface area (Å²) in [7, 11) is 0. The van der Waals surface area contributed by atoms with Gasteiger partial charge < -0.3 is 9.88 Å². The molecule has 2 aromatic rings.